The van der Waals surface area contributed by atoms with Crippen LogP contribution >= 0.6 is 0 Å². The Bertz CT molecular complexity index is 551. The molecule has 2 rings (SSSR count). The maximum absolute atomic E-state index is 9.04. The lowest BCUT2D eigenvalue weighted by Crippen LogP contribution is -2.17. The zero-order valence-corrected chi connectivity index (χ0v) is 9.96. The second-order valence-corrected chi connectivity index (χ2v) is 4.01. The highest BCUT2D eigenvalue weighted by Crippen LogP contribution is 2.19. The fraction of sp³-hybridized carbons (Fsp3) is 0.231. The van der Waals surface area contributed by atoms with Gasteiger partial charge >= 0.3 is 0 Å². The van der Waals surface area contributed by atoms with Crippen molar-refractivity contribution in [2.45, 2.75) is 6.54 Å². The first kappa shape index (κ1) is 11.2. The Morgan fingerprint density at radius 3 is 2.82 bits per heavy atom. The number of hydrogen-bond acceptors (Lipinski definition) is 3. The minimum absolute atomic E-state index is 0.693. The van der Waals surface area contributed by atoms with E-state index in [9.17, 15) is 0 Å². The molecule has 4 nitrogen and oxygen atoms in total. The van der Waals surface area contributed by atoms with Gasteiger partial charge in [0, 0.05) is 32.4 Å². The van der Waals surface area contributed by atoms with Gasteiger partial charge in [-0.05, 0) is 12.1 Å². The van der Waals surface area contributed by atoms with E-state index in [1.165, 1.54) is 0 Å². The Labute approximate surface area is 101 Å². The van der Waals surface area contributed by atoms with Crippen molar-refractivity contribution in [3.05, 3.63) is 47.8 Å². The molecule has 0 aliphatic carbocycles. The molecule has 0 atom stereocenters. The molecule has 17 heavy (non-hydrogen) atoms. The number of aromatic nitrogens is 2. The predicted octanol–water partition coefficient (Wildman–Crippen LogP) is 1.93. The molecule has 2 aromatic rings. The first-order chi connectivity index (χ1) is 8.20. The van der Waals surface area contributed by atoms with E-state index in [1.54, 1.807) is 4.68 Å². The van der Waals surface area contributed by atoms with Gasteiger partial charge in [-0.2, -0.15) is 10.4 Å². The van der Waals surface area contributed by atoms with Gasteiger partial charge in [-0.1, -0.05) is 12.1 Å². The average molecular weight is 226 g/mol. The number of para-hydroxylation sites is 1. The van der Waals surface area contributed by atoms with Crippen LogP contribution in [0, 0.1) is 11.3 Å². The molecule has 0 aliphatic rings. The normalized spacial score (nSPS) is 9.94. The molecular weight excluding hydrogens is 212 g/mol. The van der Waals surface area contributed by atoms with Gasteiger partial charge in [-0.15, -0.1) is 0 Å². The summed E-state index contributed by atoms with van der Waals surface area (Å²) in [5.74, 6) is 0. The van der Waals surface area contributed by atoms with E-state index in [4.69, 9.17) is 5.26 Å². The molecule has 0 spiro atoms. The second kappa shape index (κ2) is 4.71. The molecule has 0 saturated carbocycles. The van der Waals surface area contributed by atoms with Crippen LogP contribution in [0.5, 0.6) is 0 Å². The van der Waals surface area contributed by atoms with Gasteiger partial charge < -0.3 is 4.90 Å². The lowest BCUT2D eigenvalue weighted by molar-refractivity contribution is 0.766. The van der Waals surface area contributed by atoms with Crippen LogP contribution in [-0.2, 0) is 13.6 Å². The van der Waals surface area contributed by atoms with Crippen LogP contribution < -0.4 is 4.90 Å². The molecule has 0 unspecified atom stereocenters. The fourth-order valence-corrected chi connectivity index (χ4v) is 1.81. The summed E-state index contributed by atoms with van der Waals surface area (Å²) in [5, 5.41) is 13.2. The van der Waals surface area contributed by atoms with Crippen LogP contribution in [0.1, 0.15) is 11.1 Å². The molecule has 0 fully saturated rings. The Balaban J connectivity index is 2.20. The number of nitriles is 1. The maximum atomic E-state index is 9.04. The van der Waals surface area contributed by atoms with Crippen molar-refractivity contribution in [3.63, 3.8) is 0 Å². The van der Waals surface area contributed by atoms with E-state index in [0.29, 0.717) is 5.56 Å². The van der Waals surface area contributed by atoms with Gasteiger partial charge in [0.1, 0.15) is 6.07 Å². The van der Waals surface area contributed by atoms with Crippen molar-refractivity contribution in [1.29, 1.82) is 5.26 Å². The van der Waals surface area contributed by atoms with Crippen LogP contribution in [0.4, 0.5) is 5.69 Å². The standard InChI is InChI=1S/C13H14N4/c1-16(9-11-8-15-17(2)10-11)13-6-4-3-5-12(13)7-14/h3-6,8,10H,9H2,1-2H3. The molecule has 1 heterocycles. The number of aryl methyl sites for hydroxylation is 1. The predicted molar refractivity (Wildman–Crippen MR) is 66.5 cm³/mol. The number of rotatable bonds is 3. The van der Waals surface area contributed by atoms with Crippen molar-refractivity contribution < 1.29 is 0 Å². The average Bonchev–Trinajstić information content (AvgIpc) is 2.74. The highest BCUT2D eigenvalue weighted by molar-refractivity contribution is 5.58. The summed E-state index contributed by atoms with van der Waals surface area (Å²) in [6.45, 7) is 0.743. The summed E-state index contributed by atoms with van der Waals surface area (Å²) in [6, 6.07) is 9.80. The third-order valence-electron chi connectivity index (χ3n) is 2.61. The zero-order valence-electron chi connectivity index (χ0n) is 9.96. The molecule has 0 N–H and O–H groups in total. The summed E-state index contributed by atoms with van der Waals surface area (Å²) in [4.78, 5) is 2.05. The molecule has 0 amide bonds. The molecule has 0 saturated heterocycles. The number of hydrogen-bond donors (Lipinski definition) is 0. The number of nitrogens with zero attached hydrogens (tertiary/aromatic N) is 4. The van der Waals surface area contributed by atoms with Crippen molar-refractivity contribution in [3.8, 4) is 6.07 Å². The van der Waals surface area contributed by atoms with Crippen LogP contribution in [-0.4, -0.2) is 16.8 Å². The summed E-state index contributed by atoms with van der Waals surface area (Å²) in [7, 11) is 3.87. The lowest BCUT2D eigenvalue weighted by atomic mass is 10.1. The Hall–Kier alpha value is -2.28. The van der Waals surface area contributed by atoms with E-state index in [1.807, 2.05) is 50.8 Å². The van der Waals surface area contributed by atoms with Crippen LogP contribution in [0.3, 0.4) is 0 Å². The first-order valence-electron chi connectivity index (χ1n) is 5.38. The quantitative estimate of drug-likeness (QED) is 0.803. The fourth-order valence-electron chi connectivity index (χ4n) is 1.81. The molecule has 86 valence electrons. The number of anilines is 1. The van der Waals surface area contributed by atoms with Crippen molar-refractivity contribution in [2.75, 3.05) is 11.9 Å². The third-order valence-corrected chi connectivity index (χ3v) is 2.61. The van der Waals surface area contributed by atoms with Crippen molar-refractivity contribution in [2.24, 2.45) is 7.05 Å². The largest absolute Gasteiger partial charge is 0.369 e. The monoisotopic (exact) mass is 226 g/mol. The SMILES string of the molecule is CN(Cc1cnn(C)c1)c1ccccc1C#N. The van der Waals surface area contributed by atoms with Gasteiger partial charge in [-0.3, -0.25) is 4.68 Å². The summed E-state index contributed by atoms with van der Waals surface area (Å²) in [6.07, 6.45) is 3.82. The van der Waals surface area contributed by atoms with E-state index < -0.39 is 0 Å². The summed E-state index contributed by atoms with van der Waals surface area (Å²) < 4.78 is 1.78. The van der Waals surface area contributed by atoms with E-state index in [-0.39, 0.29) is 0 Å². The Kier molecular flexibility index (Phi) is 3.10. The van der Waals surface area contributed by atoms with Gasteiger partial charge in [-0.25, -0.2) is 0 Å². The Morgan fingerprint density at radius 1 is 1.41 bits per heavy atom. The summed E-state index contributed by atoms with van der Waals surface area (Å²) >= 11 is 0. The van der Waals surface area contributed by atoms with Gasteiger partial charge in [0.05, 0.1) is 17.4 Å². The van der Waals surface area contributed by atoms with E-state index >= 15 is 0 Å². The van der Waals surface area contributed by atoms with Gasteiger partial charge in [0.15, 0.2) is 0 Å². The minimum atomic E-state index is 0.693. The molecule has 0 aliphatic heterocycles. The van der Waals surface area contributed by atoms with Crippen LogP contribution in [0.15, 0.2) is 36.7 Å². The van der Waals surface area contributed by atoms with Gasteiger partial charge in [0.25, 0.3) is 0 Å². The minimum Gasteiger partial charge on any atom is -0.369 e. The van der Waals surface area contributed by atoms with Crippen LogP contribution in [0.25, 0.3) is 0 Å². The highest BCUT2D eigenvalue weighted by atomic mass is 15.2. The first-order valence-corrected chi connectivity index (χ1v) is 5.38. The molecule has 0 bridgehead atoms. The summed E-state index contributed by atoms with van der Waals surface area (Å²) in [5.41, 5.74) is 2.76. The highest BCUT2D eigenvalue weighted by Gasteiger charge is 2.07. The molecular formula is C13H14N4. The van der Waals surface area contributed by atoms with Gasteiger partial charge in [0.2, 0.25) is 0 Å². The molecule has 4 heteroatoms. The van der Waals surface area contributed by atoms with Crippen molar-refractivity contribution >= 4 is 5.69 Å². The lowest BCUT2D eigenvalue weighted by Gasteiger charge is -2.19. The molecule has 1 aromatic carbocycles. The molecule has 0 radical (unpaired) electrons. The van der Waals surface area contributed by atoms with E-state index in [0.717, 1.165) is 17.8 Å². The topological polar surface area (TPSA) is 44.9 Å². The molecule has 1 aromatic heterocycles. The van der Waals surface area contributed by atoms with Crippen molar-refractivity contribution in [1.82, 2.24) is 9.78 Å². The second-order valence-electron chi connectivity index (χ2n) is 4.01. The van der Waals surface area contributed by atoms with E-state index in [2.05, 4.69) is 16.1 Å². The smallest absolute Gasteiger partial charge is 0.101 e. The Morgan fingerprint density at radius 2 is 2.18 bits per heavy atom. The maximum Gasteiger partial charge on any atom is 0.101 e. The van der Waals surface area contributed by atoms with Crippen LogP contribution in [0.2, 0.25) is 0 Å². The zero-order chi connectivity index (χ0) is 12.3. The third kappa shape index (κ3) is 2.45. The number of benzene rings is 1.